The van der Waals surface area contributed by atoms with E-state index < -0.39 is 0 Å². The highest BCUT2D eigenvalue weighted by Crippen LogP contribution is 2.22. The van der Waals surface area contributed by atoms with Gasteiger partial charge in [-0.25, -0.2) is 0 Å². The fraction of sp³-hybridized carbons (Fsp3) is 0.462. The summed E-state index contributed by atoms with van der Waals surface area (Å²) < 4.78 is 10.1. The highest BCUT2D eigenvalue weighted by atomic mass is 16.5. The molecule has 0 aliphatic rings. The van der Waals surface area contributed by atoms with Crippen molar-refractivity contribution in [3.8, 4) is 5.75 Å². The van der Waals surface area contributed by atoms with Gasteiger partial charge in [-0.1, -0.05) is 6.07 Å². The summed E-state index contributed by atoms with van der Waals surface area (Å²) >= 11 is 0. The van der Waals surface area contributed by atoms with E-state index in [1.165, 1.54) is 0 Å². The number of methoxy groups -OCH3 is 1. The Bertz CT molecular complexity index is 383. The fourth-order valence-electron chi connectivity index (χ4n) is 1.63. The van der Waals surface area contributed by atoms with Gasteiger partial charge in [-0.15, -0.1) is 0 Å². The molecule has 0 aromatic heterocycles. The van der Waals surface area contributed by atoms with Crippen molar-refractivity contribution in [3.05, 3.63) is 28.8 Å². The van der Waals surface area contributed by atoms with E-state index in [9.17, 15) is 4.79 Å². The van der Waals surface area contributed by atoms with Crippen LogP contribution in [-0.2, 0) is 16.0 Å². The average Bonchev–Trinajstić information content (AvgIpc) is 2.23. The number of esters is 1. The van der Waals surface area contributed by atoms with E-state index in [-0.39, 0.29) is 5.97 Å². The van der Waals surface area contributed by atoms with E-state index in [1.54, 1.807) is 7.11 Å². The van der Waals surface area contributed by atoms with Crippen molar-refractivity contribution in [2.75, 3.05) is 13.7 Å². The first kappa shape index (κ1) is 12.6. The summed E-state index contributed by atoms with van der Waals surface area (Å²) in [5.41, 5.74) is 3.08. The highest BCUT2D eigenvalue weighted by Gasteiger charge is 2.09. The molecule has 0 unspecified atom stereocenters. The molecule has 3 nitrogen and oxygen atoms in total. The van der Waals surface area contributed by atoms with Crippen LogP contribution in [0.4, 0.5) is 0 Å². The molecule has 16 heavy (non-hydrogen) atoms. The standard InChI is InChI=1S/C13H18O3/c1-5-16-13(14)8-11-6-10(3)12(15-4)7-9(11)2/h6-7H,5,8H2,1-4H3. The minimum absolute atomic E-state index is 0.185. The van der Waals surface area contributed by atoms with Crippen LogP contribution in [0.2, 0.25) is 0 Å². The SMILES string of the molecule is CCOC(=O)Cc1cc(C)c(OC)cc1C. The molecule has 0 N–H and O–H groups in total. The molecule has 0 aliphatic carbocycles. The van der Waals surface area contributed by atoms with Gasteiger partial charge in [-0.05, 0) is 43.5 Å². The van der Waals surface area contributed by atoms with E-state index >= 15 is 0 Å². The van der Waals surface area contributed by atoms with Crippen LogP contribution in [0.5, 0.6) is 5.75 Å². The second-order valence-corrected chi connectivity index (χ2v) is 3.73. The van der Waals surface area contributed by atoms with Crippen LogP contribution in [0.3, 0.4) is 0 Å². The number of ether oxygens (including phenoxy) is 2. The Hall–Kier alpha value is -1.51. The first-order chi connectivity index (χ1) is 7.58. The van der Waals surface area contributed by atoms with Gasteiger partial charge < -0.3 is 9.47 Å². The lowest BCUT2D eigenvalue weighted by Crippen LogP contribution is -2.09. The van der Waals surface area contributed by atoms with Crippen LogP contribution in [-0.4, -0.2) is 19.7 Å². The van der Waals surface area contributed by atoms with Gasteiger partial charge in [-0.2, -0.15) is 0 Å². The average molecular weight is 222 g/mol. The predicted molar refractivity (Wildman–Crippen MR) is 62.8 cm³/mol. The van der Waals surface area contributed by atoms with Crippen LogP contribution in [0.1, 0.15) is 23.6 Å². The number of rotatable bonds is 4. The minimum atomic E-state index is -0.185. The van der Waals surface area contributed by atoms with Crippen LogP contribution in [0, 0.1) is 13.8 Å². The predicted octanol–water partition coefficient (Wildman–Crippen LogP) is 2.42. The topological polar surface area (TPSA) is 35.5 Å². The second kappa shape index (κ2) is 5.54. The maximum absolute atomic E-state index is 11.4. The van der Waals surface area contributed by atoms with Crippen LogP contribution >= 0.6 is 0 Å². The molecule has 1 aromatic carbocycles. The Morgan fingerprint density at radius 1 is 1.25 bits per heavy atom. The van der Waals surface area contributed by atoms with Crippen molar-refractivity contribution in [1.82, 2.24) is 0 Å². The summed E-state index contributed by atoms with van der Waals surface area (Å²) in [5.74, 6) is 0.667. The van der Waals surface area contributed by atoms with Gasteiger partial charge in [0.05, 0.1) is 20.1 Å². The largest absolute Gasteiger partial charge is 0.496 e. The fourth-order valence-corrected chi connectivity index (χ4v) is 1.63. The molecule has 0 aliphatic heterocycles. The Morgan fingerprint density at radius 3 is 2.50 bits per heavy atom. The van der Waals surface area contributed by atoms with Crippen molar-refractivity contribution >= 4 is 5.97 Å². The van der Waals surface area contributed by atoms with Gasteiger partial charge in [0, 0.05) is 0 Å². The summed E-state index contributed by atoms with van der Waals surface area (Å²) in [7, 11) is 1.65. The molecule has 0 atom stereocenters. The molecule has 0 saturated carbocycles. The summed E-state index contributed by atoms with van der Waals surface area (Å²) in [6.07, 6.45) is 0.324. The van der Waals surface area contributed by atoms with Crippen molar-refractivity contribution in [3.63, 3.8) is 0 Å². The smallest absolute Gasteiger partial charge is 0.310 e. The van der Waals surface area contributed by atoms with E-state index in [1.807, 2.05) is 32.9 Å². The molecule has 88 valence electrons. The summed E-state index contributed by atoms with van der Waals surface area (Å²) in [6.45, 7) is 6.17. The number of carbonyl (C=O) groups is 1. The molecule has 1 rings (SSSR count). The van der Waals surface area contributed by atoms with Gasteiger partial charge in [-0.3, -0.25) is 4.79 Å². The third kappa shape index (κ3) is 2.99. The van der Waals surface area contributed by atoms with Crippen molar-refractivity contribution < 1.29 is 14.3 Å². The molecule has 0 fully saturated rings. The van der Waals surface area contributed by atoms with E-state index in [4.69, 9.17) is 9.47 Å². The number of benzene rings is 1. The summed E-state index contributed by atoms with van der Waals surface area (Å²) in [6, 6.07) is 3.93. The zero-order valence-electron chi connectivity index (χ0n) is 10.3. The normalized spacial score (nSPS) is 10.0. The highest BCUT2D eigenvalue weighted by molar-refractivity contribution is 5.73. The Labute approximate surface area is 96.4 Å². The number of hydrogen-bond acceptors (Lipinski definition) is 3. The van der Waals surface area contributed by atoms with Crippen LogP contribution in [0.15, 0.2) is 12.1 Å². The lowest BCUT2D eigenvalue weighted by molar-refractivity contribution is -0.142. The monoisotopic (exact) mass is 222 g/mol. The number of aryl methyl sites for hydroxylation is 2. The van der Waals surface area contributed by atoms with Crippen LogP contribution in [0.25, 0.3) is 0 Å². The number of hydrogen-bond donors (Lipinski definition) is 0. The van der Waals surface area contributed by atoms with Gasteiger partial charge in [0.2, 0.25) is 0 Å². The van der Waals surface area contributed by atoms with Gasteiger partial charge in [0.1, 0.15) is 5.75 Å². The third-order valence-corrected chi connectivity index (χ3v) is 2.49. The molecule has 0 heterocycles. The molecule has 0 saturated heterocycles. The van der Waals surface area contributed by atoms with E-state index in [0.29, 0.717) is 13.0 Å². The van der Waals surface area contributed by atoms with Gasteiger partial charge in [0.25, 0.3) is 0 Å². The zero-order chi connectivity index (χ0) is 12.1. The maximum atomic E-state index is 11.4. The van der Waals surface area contributed by atoms with Gasteiger partial charge in [0.15, 0.2) is 0 Å². The van der Waals surface area contributed by atoms with E-state index in [0.717, 1.165) is 22.4 Å². The molecule has 1 aromatic rings. The lowest BCUT2D eigenvalue weighted by Gasteiger charge is -2.10. The second-order valence-electron chi connectivity index (χ2n) is 3.73. The molecular weight excluding hydrogens is 204 g/mol. The first-order valence-corrected chi connectivity index (χ1v) is 5.38. The van der Waals surface area contributed by atoms with Crippen LogP contribution < -0.4 is 4.74 Å². The number of carbonyl (C=O) groups excluding carboxylic acids is 1. The van der Waals surface area contributed by atoms with Crippen molar-refractivity contribution in [1.29, 1.82) is 0 Å². The molecule has 3 heteroatoms. The zero-order valence-corrected chi connectivity index (χ0v) is 10.3. The Kier molecular flexibility index (Phi) is 4.35. The summed E-state index contributed by atoms with van der Waals surface area (Å²) in [4.78, 5) is 11.4. The Balaban J connectivity index is 2.89. The third-order valence-electron chi connectivity index (χ3n) is 2.49. The van der Waals surface area contributed by atoms with Gasteiger partial charge >= 0.3 is 5.97 Å². The first-order valence-electron chi connectivity index (χ1n) is 5.38. The minimum Gasteiger partial charge on any atom is -0.496 e. The van der Waals surface area contributed by atoms with E-state index in [2.05, 4.69) is 0 Å². The molecule has 0 bridgehead atoms. The quantitative estimate of drug-likeness (QED) is 0.734. The molecule has 0 spiro atoms. The molecule has 0 radical (unpaired) electrons. The maximum Gasteiger partial charge on any atom is 0.310 e. The van der Waals surface area contributed by atoms with Crippen molar-refractivity contribution in [2.24, 2.45) is 0 Å². The molecular formula is C13H18O3. The lowest BCUT2D eigenvalue weighted by atomic mass is 10.0. The summed E-state index contributed by atoms with van der Waals surface area (Å²) in [5, 5.41) is 0. The van der Waals surface area contributed by atoms with Crippen molar-refractivity contribution in [2.45, 2.75) is 27.2 Å². The molecule has 0 amide bonds. The Morgan fingerprint density at radius 2 is 1.94 bits per heavy atom.